The van der Waals surface area contributed by atoms with Crippen LogP contribution in [0.5, 0.6) is 0 Å². The SMILES string of the molecule is CC(C(=O)OC1C[N+]2(CC(=O)NC3=C[N+]#CCN3)CCC1C2)(C1=CC=CCC1)N1CCCCC1. The summed E-state index contributed by atoms with van der Waals surface area (Å²) in [5, 5.41) is 5.99. The van der Waals surface area contributed by atoms with Crippen LogP contribution < -0.4 is 10.6 Å². The number of fused-ring (bicyclic) bond motifs is 2. The van der Waals surface area contributed by atoms with Crippen LogP contribution in [0, 0.1) is 12.0 Å². The summed E-state index contributed by atoms with van der Waals surface area (Å²) in [6.45, 7) is 7.42. The van der Waals surface area contributed by atoms with Crippen LogP contribution in [0.25, 0.3) is 4.85 Å². The molecule has 4 aliphatic heterocycles. The van der Waals surface area contributed by atoms with Crippen LogP contribution in [-0.4, -0.2) is 78.7 Å². The molecule has 1 amide bonds. The molecular formula is C26H37N5O3+2. The Labute approximate surface area is 202 Å². The van der Waals surface area contributed by atoms with E-state index in [0.29, 0.717) is 29.3 Å². The Morgan fingerprint density at radius 2 is 2.18 bits per heavy atom. The number of hydrogen-bond donors (Lipinski definition) is 2. The van der Waals surface area contributed by atoms with Crippen molar-refractivity contribution in [2.24, 2.45) is 5.92 Å². The number of carbonyl (C=O) groups excluding carboxylic acids is 2. The minimum absolute atomic E-state index is 0.0271. The highest BCUT2D eigenvalue weighted by Gasteiger charge is 2.55. The number of nitrogens with zero attached hydrogens (tertiary/aromatic N) is 3. The standard InChI is InChI=1S/C26H36N5O3/c1-26(21-8-4-2-5-9-21,30-13-6-3-7-14-30)25(33)34-22-18-31(15-10-20(22)17-31)19-24(32)29-23-16-27-11-12-28-23/h2,4,8,16,20,22,28H,3,5-7,9-10,12-15,17-19H2,1H3/q+1/p+1. The van der Waals surface area contributed by atoms with Gasteiger partial charge in [-0.05, 0) is 56.1 Å². The lowest BCUT2D eigenvalue weighted by atomic mass is 9.83. The van der Waals surface area contributed by atoms with Gasteiger partial charge in [-0.2, -0.15) is 0 Å². The van der Waals surface area contributed by atoms with Crippen molar-refractivity contribution in [3.05, 3.63) is 40.7 Å². The van der Waals surface area contributed by atoms with Gasteiger partial charge in [-0.15, -0.1) is 0 Å². The van der Waals surface area contributed by atoms with Crippen LogP contribution in [0.15, 0.2) is 35.8 Å². The number of hydrogen-bond acceptors (Lipinski definition) is 5. The molecule has 4 unspecified atom stereocenters. The van der Waals surface area contributed by atoms with E-state index in [4.69, 9.17) is 4.74 Å². The van der Waals surface area contributed by atoms with Gasteiger partial charge in [-0.25, -0.2) is 4.79 Å². The van der Waals surface area contributed by atoms with Crippen LogP contribution in [-0.2, 0) is 14.3 Å². The average Bonchev–Trinajstić information content (AvgIpc) is 3.42. The first-order valence-electron chi connectivity index (χ1n) is 12.8. The van der Waals surface area contributed by atoms with E-state index in [2.05, 4.69) is 51.6 Å². The van der Waals surface area contributed by atoms with E-state index in [1.807, 2.05) is 0 Å². The molecule has 182 valence electrons. The Morgan fingerprint density at radius 3 is 2.91 bits per heavy atom. The van der Waals surface area contributed by atoms with Gasteiger partial charge in [0.15, 0.2) is 25.0 Å². The molecule has 0 aromatic rings. The molecule has 0 radical (unpaired) electrons. The molecule has 2 bridgehead atoms. The second-order valence-electron chi connectivity index (χ2n) is 10.6. The number of ether oxygens (including phenoxy) is 1. The third-order valence-corrected chi connectivity index (χ3v) is 8.37. The highest BCUT2D eigenvalue weighted by molar-refractivity contribution is 5.85. The summed E-state index contributed by atoms with van der Waals surface area (Å²) >= 11 is 0. The number of esters is 1. The topological polar surface area (TPSA) is 75.0 Å². The van der Waals surface area contributed by atoms with Crippen LogP contribution >= 0.6 is 0 Å². The fourth-order valence-electron chi connectivity index (χ4n) is 6.43. The second kappa shape index (κ2) is 9.55. The zero-order chi connectivity index (χ0) is 23.6. The Kier molecular flexibility index (Phi) is 6.50. The van der Waals surface area contributed by atoms with Gasteiger partial charge in [0.1, 0.15) is 12.1 Å². The lowest BCUT2D eigenvalue weighted by Gasteiger charge is -2.44. The summed E-state index contributed by atoms with van der Waals surface area (Å²) in [6.07, 6.45) is 14.2. The largest absolute Gasteiger partial charge is 0.454 e. The van der Waals surface area contributed by atoms with Crippen molar-refractivity contribution in [1.82, 2.24) is 15.5 Å². The molecule has 1 aliphatic carbocycles. The van der Waals surface area contributed by atoms with Gasteiger partial charge in [-0.3, -0.25) is 9.69 Å². The smallest absolute Gasteiger partial charge is 0.345 e. The summed E-state index contributed by atoms with van der Waals surface area (Å²) in [6, 6.07) is 2.79. The number of amides is 1. The van der Waals surface area contributed by atoms with Gasteiger partial charge >= 0.3 is 18.2 Å². The predicted octanol–water partition coefficient (Wildman–Crippen LogP) is 2.12. The molecule has 3 fully saturated rings. The molecule has 4 heterocycles. The predicted molar refractivity (Wildman–Crippen MR) is 129 cm³/mol. The highest BCUT2D eigenvalue weighted by Crippen LogP contribution is 2.40. The first-order chi connectivity index (χ1) is 16.5. The number of carbonyl (C=O) groups is 2. The maximum absolute atomic E-state index is 13.8. The lowest BCUT2D eigenvalue weighted by Crippen LogP contribution is -2.58. The van der Waals surface area contributed by atoms with Gasteiger partial charge in [0.2, 0.25) is 0 Å². The molecule has 34 heavy (non-hydrogen) atoms. The van der Waals surface area contributed by atoms with Crippen molar-refractivity contribution in [2.75, 3.05) is 45.8 Å². The molecule has 8 heteroatoms. The van der Waals surface area contributed by atoms with Crippen molar-refractivity contribution in [3.63, 3.8) is 0 Å². The number of piperidine rings is 2. The second-order valence-corrected chi connectivity index (χ2v) is 10.6. The zero-order valence-electron chi connectivity index (χ0n) is 20.2. The monoisotopic (exact) mass is 467 g/mol. The summed E-state index contributed by atoms with van der Waals surface area (Å²) in [4.78, 5) is 32.9. The molecule has 5 aliphatic rings. The van der Waals surface area contributed by atoms with Gasteiger partial charge in [0, 0.05) is 6.42 Å². The van der Waals surface area contributed by atoms with Crippen LogP contribution in [0.1, 0.15) is 45.4 Å². The normalized spacial score (nSPS) is 31.9. The van der Waals surface area contributed by atoms with Crippen molar-refractivity contribution in [2.45, 2.75) is 57.1 Å². The fraction of sp³-hybridized carbons (Fsp3) is 0.654. The maximum atomic E-state index is 13.8. The van der Waals surface area contributed by atoms with Gasteiger partial charge in [0.25, 0.3) is 5.91 Å². The Balaban J connectivity index is 1.26. The van der Waals surface area contributed by atoms with E-state index in [0.717, 1.165) is 64.8 Å². The molecule has 0 aromatic carbocycles. The highest BCUT2D eigenvalue weighted by atomic mass is 16.5. The third-order valence-electron chi connectivity index (χ3n) is 8.37. The van der Waals surface area contributed by atoms with E-state index in [9.17, 15) is 9.59 Å². The Bertz CT molecular complexity index is 986. The van der Waals surface area contributed by atoms with Gasteiger partial charge < -0.3 is 19.9 Å². The maximum Gasteiger partial charge on any atom is 0.345 e. The molecule has 4 atom stereocenters. The summed E-state index contributed by atoms with van der Waals surface area (Å²) in [5.74, 6) is 0.810. The number of allylic oxidation sites excluding steroid dienone is 3. The van der Waals surface area contributed by atoms with Crippen LogP contribution in [0.3, 0.4) is 0 Å². The molecule has 0 saturated carbocycles. The molecule has 0 aromatic heterocycles. The summed E-state index contributed by atoms with van der Waals surface area (Å²) < 4.78 is 7.03. The Hall–Kier alpha value is -2.63. The van der Waals surface area contributed by atoms with Crippen molar-refractivity contribution in [1.29, 1.82) is 0 Å². The van der Waals surface area contributed by atoms with Crippen molar-refractivity contribution in [3.8, 4) is 6.07 Å². The van der Waals surface area contributed by atoms with E-state index >= 15 is 0 Å². The number of nitrogens with one attached hydrogen (secondary N) is 2. The van der Waals surface area contributed by atoms with E-state index < -0.39 is 5.54 Å². The summed E-state index contributed by atoms with van der Waals surface area (Å²) in [7, 11) is 0. The summed E-state index contributed by atoms with van der Waals surface area (Å²) in [5.41, 5.74) is 0.461. The minimum atomic E-state index is -0.707. The quantitative estimate of drug-likeness (QED) is 0.341. The molecule has 0 spiro atoms. The van der Waals surface area contributed by atoms with E-state index in [-0.39, 0.29) is 18.0 Å². The fourth-order valence-corrected chi connectivity index (χ4v) is 6.43. The average molecular weight is 468 g/mol. The van der Waals surface area contributed by atoms with Crippen molar-refractivity contribution < 1.29 is 18.8 Å². The molecule has 3 saturated heterocycles. The zero-order valence-corrected chi connectivity index (χ0v) is 20.2. The van der Waals surface area contributed by atoms with Gasteiger partial charge in [-0.1, -0.05) is 24.6 Å². The van der Waals surface area contributed by atoms with Crippen LogP contribution in [0.4, 0.5) is 0 Å². The van der Waals surface area contributed by atoms with Gasteiger partial charge in [0.05, 0.1) is 19.0 Å². The van der Waals surface area contributed by atoms with E-state index in [1.54, 1.807) is 6.20 Å². The first kappa shape index (κ1) is 23.1. The molecule has 8 nitrogen and oxygen atoms in total. The minimum Gasteiger partial charge on any atom is -0.454 e. The lowest BCUT2D eigenvalue weighted by molar-refractivity contribution is -0.902. The number of likely N-dealkylation sites (tertiary alicyclic amines) is 1. The number of rotatable bonds is 7. The van der Waals surface area contributed by atoms with Crippen molar-refractivity contribution >= 4 is 11.9 Å². The third kappa shape index (κ3) is 4.51. The molecular weight excluding hydrogens is 430 g/mol. The Morgan fingerprint density at radius 1 is 1.32 bits per heavy atom. The van der Waals surface area contributed by atoms with Crippen LogP contribution in [0.2, 0.25) is 0 Å². The molecule has 2 N–H and O–H groups in total. The first-order valence-corrected chi connectivity index (χ1v) is 12.8. The number of quaternary nitrogens is 1. The molecule has 5 rings (SSSR count). The van der Waals surface area contributed by atoms with E-state index in [1.165, 1.54) is 12.0 Å².